The Kier molecular flexibility index (Phi) is 6.12. The Morgan fingerprint density at radius 3 is 2.70 bits per heavy atom. The maximum atomic E-state index is 12.4. The maximum absolute atomic E-state index is 12.4. The van der Waals surface area contributed by atoms with Gasteiger partial charge in [-0.3, -0.25) is 4.79 Å². The van der Waals surface area contributed by atoms with Crippen LogP contribution in [0, 0.1) is 17.8 Å². The van der Waals surface area contributed by atoms with Gasteiger partial charge in [0.2, 0.25) is 0 Å². The molecule has 1 amide bonds. The molecule has 0 radical (unpaired) electrons. The van der Waals surface area contributed by atoms with Gasteiger partial charge in [0.15, 0.2) is 18.1 Å². The first kappa shape index (κ1) is 19.3. The molecule has 1 aromatic rings. The number of ether oxygens (including phenoxy) is 2. The Labute approximate surface area is 170 Å². The van der Waals surface area contributed by atoms with E-state index in [1.807, 2.05) is 35.7 Å². The van der Waals surface area contributed by atoms with Gasteiger partial charge in [-0.15, -0.1) is 23.5 Å². The molecule has 1 saturated heterocycles. The van der Waals surface area contributed by atoms with Crippen molar-refractivity contribution in [2.45, 2.75) is 43.2 Å². The third-order valence-electron chi connectivity index (χ3n) is 6.26. The van der Waals surface area contributed by atoms with Crippen LogP contribution in [0.4, 0.5) is 0 Å². The number of fused-ring (bicyclic) bond motifs is 2. The minimum atomic E-state index is -0.0432. The van der Waals surface area contributed by atoms with Crippen molar-refractivity contribution in [3.63, 3.8) is 0 Å². The molecule has 2 bridgehead atoms. The first-order chi connectivity index (χ1) is 13.1. The van der Waals surface area contributed by atoms with Crippen LogP contribution in [0.5, 0.6) is 11.5 Å². The number of benzene rings is 1. The van der Waals surface area contributed by atoms with E-state index in [9.17, 15) is 4.79 Å². The molecule has 1 N–H and O–H groups in total. The summed E-state index contributed by atoms with van der Waals surface area (Å²) in [5, 5.41) is 3.16. The van der Waals surface area contributed by atoms with E-state index in [-0.39, 0.29) is 18.6 Å². The number of rotatable bonds is 7. The molecule has 4 rings (SSSR count). The van der Waals surface area contributed by atoms with Gasteiger partial charge in [0, 0.05) is 17.5 Å². The smallest absolute Gasteiger partial charge is 0.258 e. The van der Waals surface area contributed by atoms with Gasteiger partial charge >= 0.3 is 0 Å². The van der Waals surface area contributed by atoms with Crippen LogP contribution < -0.4 is 14.8 Å². The van der Waals surface area contributed by atoms with Crippen molar-refractivity contribution in [2.24, 2.45) is 17.8 Å². The summed E-state index contributed by atoms with van der Waals surface area (Å²) >= 11 is 3.93. The Morgan fingerprint density at radius 1 is 1.22 bits per heavy atom. The van der Waals surface area contributed by atoms with Crippen LogP contribution in [0.1, 0.15) is 42.8 Å². The van der Waals surface area contributed by atoms with E-state index >= 15 is 0 Å². The highest BCUT2D eigenvalue weighted by Gasteiger charge is 2.42. The van der Waals surface area contributed by atoms with Crippen molar-refractivity contribution in [3.05, 3.63) is 23.8 Å². The number of carbonyl (C=O) groups is 1. The molecule has 0 aromatic heterocycles. The van der Waals surface area contributed by atoms with Crippen LogP contribution in [-0.2, 0) is 4.79 Å². The molecular formula is C21H29NO3S2. The fraction of sp³-hybridized carbons (Fsp3) is 0.667. The summed E-state index contributed by atoms with van der Waals surface area (Å²) in [4.78, 5) is 12.4. The molecule has 1 aliphatic heterocycles. The summed E-state index contributed by atoms with van der Waals surface area (Å²) in [5.41, 5.74) is 1.25. The van der Waals surface area contributed by atoms with Gasteiger partial charge in [0.25, 0.3) is 5.91 Å². The van der Waals surface area contributed by atoms with E-state index in [1.165, 1.54) is 42.8 Å². The standard InChI is InChI=1S/C21H29NO3S2/c1-13(17-10-14-3-4-15(17)9-14)22-20(23)12-25-18-6-5-16(11-19(18)24-2)21-26-7-8-27-21/h5-6,11,13-15,17,21H,3-4,7-10,12H2,1-2H3,(H,22,23). The zero-order valence-corrected chi connectivity index (χ0v) is 17.7. The molecule has 3 aliphatic rings. The van der Waals surface area contributed by atoms with Crippen LogP contribution in [-0.4, -0.2) is 37.2 Å². The second-order valence-electron chi connectivity index (χ2n) is 7.97. The van der Waals surface area contributed by atoms with E-state index < -0.39 is 0 Å². The number of hydrogen-bond donors (Lipinski definition) is 1. The summed E-state index contributed by atoms with van der Waals surface area (Å²) in [5.74, 6) is 6.03. The first-order valence-corrected chi connectivity index (χ1v) is 12.1. The lowest BCUT2D eigenvalue weighted by Crippen LogP contribution is -2.42. The SMILES string of the molecule is COc1cc(C2SCCS2)ccc1OCC(=O)NC(C)C1CC2CCC1C2. The highest BCUT2D eigenvalue weighted by Crippen LogP contribution is 2.49. The molecule has 1 heterocycles. The monoisotopic (exact) mass is 407 g/mol. The summed E-state index contributed by atoms with van der Waals surface area (Å²) in [6.07, 6.45) is 5.37. The third kappa shape index (κ3) is 4.37. The highest BCUT2D eigenvalue weighted by molar-refractivity contribution is 8.19. The number of nitrogens with one attached hydrogen (secondary N) is 1. The van der Waals surface area contributed by atoms with Gasteiger partial charge in [-0.2, -0.15) is 0 Å². The first-order valence-electron chi connectivity index (χ1n) is 9.97. The largest absolute Gasteiger partial charge is 0.493 e. The van der Waals surface area contributed by atoms with Gasteiger partial charge in [-0.1, -0.05) is 12.5 Å². The lowest BCUT2D eigenvalue weighted by molar-refractivity contribution is -0.124. The van der Waals surface area contributed by atoms with Gasteiger partial charge in [0.1, 0.15) is 0 Å². The zero-order chi connectivity index (χ0) is 18.8. The van der Waals surface area contributed by atoms with Crippen molar-refractivity contribution in [2.75, 3.05) is 25.2 Å². The topological polar surface area (TPSA) is 47.6 Å². The Balaban J connectivity index is 1.30. The zero-order valence-electron chi connectivity index (χ0n) is 16.1. The second kappa shape index (κ2) is 8.56. The van der Waals surface area contributed by atoms with Crippen LogP contribution in [0.15, 0.2) is 18.2 Å². The van der Waals surface area contributed by atoms with Crippen LogP contribution >= 0.6 is 23.5 Å². The lowest BCUT2D eigenvalue weighted by atomic mass is 9.84. The second-order valence-corrected chi connectivity index (χ2v) is 10.7. The quantitative estimate of drug-likeness (QED) is 0.721. The molecule has 2 saturated carbocycles. The van der Waals surface area contributed by atoms with Crippen LogP contribution in [0.25, 0.3) is 0 Å². The molecule has 4 unspecified atom stereocenters. The summed E-state index contributed by atoms with van der Waals surface area (Å²) < 4.78 is 11.8. The Morgan fingerprint density at radius 2 is 2.04 bits per heavy atom. The normalized spacial score (nSPS) is 28.3. The molecule has 0 spiro atoms. The highest BCUT2D eigenvalue weighted by atomic mass is 32.2. The molecule has 2 aliphatic carbocycles. The molecular weight excluding hydrogens is 378 g/mol. The number of methoxy groups -OCH3 is 1. The summed E-state index contributed by atoms with van der Waals surface area (Å²) in [7, 11) is 1.65. The van der Waals surface area contributed by atoms with Gasteiger partial charge in [-0.25, -0.2) is 0 Å². The van der Waals surface area contributed by atoms with Crippen LogP contribution in [0.2, 0.25) is 0 Å². The van der Waals surface area contributed by atoms with E-state index in [1.54, 1.807) is 7.11 Å². The average molecular weight is 408 g/mol. The van der Waals surface area contributed by atoms with E-state index in [2.05, 4.69) is 18.3 Å². The van der Waals surface area contributed by atoms with Crippen molar-refractivity contribution >= 4 is 29.4 Å². The molecule has 4 nitrogen and oxygen atoms in total. The fourth-order valence-electron chi connectivity index (χ4n) is 4.95. The summed E-state index contributed by atoms with van der Waals surface area (Å²) in [6.45, 7) is 2.18. The summed E-state index contributed by atoms with van der Waals surface area (Å²) in [6, 6.07) is 6.29. The molecule has 27 heavy (non-hydrogen) atoms. The molecule has 3 fully saturated rings. The van der Waals surface area contributed by atoms with E-state index in [0.29, 0.717) is 22.0 Å². The predicted octanol–water partition coefficient (Wildman–Crippen LogP) is 4.49. The molecule has 4 atom stereocenters. The number of carbonyl (C=O) groups excluding carboxylic acids is 1. The van der Waals surface area contributed by atoms with Crippen molar-refractivity contribution in [3.8, 4) is 11.5 Å². The number of hydrogen-bond acceptors (Lipinski definition) is 5. The van der Waals surface area contributed by atoms with E-state index in [0.717, 1.165) is 11.8 Å². The molecule has 1 aromatic carbocycles. The average Bonchev–Trinajstić information content (AvgIpc) is 3.44. The Bertz CT molecular complexity index is 677. The van der Waals surface area contributed by atoms with Gasteiger partial charge in [0.05, 0.1) is 11.7 Å². The number of amides is 1. The minimum absolute atomic E-state index is 0.0355. The molecule has 148 valence electrons. The van der Waals surface area contributed by atoms with Crippen molar-refractivity contribution in [1.82, 2.24) is 5.32 Å². The molecule has 6 heteroatoms. The lowest BCUT2D eigenvalue weighted by Gasteiger charge is -2.28. The fourth-order valence-corrected chi connectivity index (χ4v) is 7.79. The predicted molar refractivity (Wildman–Crippen MR) is 113 cm³/mol. The Hall–Kier alpha value is -1.01. The third-order valence-corrected chi connectivity index (χ3v) is 9.37. The van der Waals surface area contributed by atoms with Gasteiger partial charge in [-0.05, 0) is 61.6 Å². The van der Waals surface area contributed by atoms with Crippen LogP contribution in [0.3, 0.4) is 0 Å². The van der Waals surface area contributed by atoms with Gasteiger partial charge < -0.3 is 14.8 Å². The number of thioether (sulfide) groups is 2. The maximum Gasteiger partial charge on any atom is 0.258 e. The van der Waals surface area contributed by atoms with Crippen molar-refractivity contribution < 1.29 is 14.3 Å². The van der Waals surface area contributed by atoms with E-state index in [4.69, 9.17) is 9.47 Å². The van der Waals surface area contributed by atoms with Crippen molar-refractivity contribution in [1.29, 1.82) is 0 Å². The minimum Gasteiger partial charge on any atom is -0.493 e.